The van der Waals surface area contributed by atoms with Gasteiger partial charge in [0.25, 0.3) is 0 Å². The highest BCUT2D eigenvalue weighted by atomic mass is 14.9. The molecule has 7 aromatic rings. The van der Waals surface area contributed by atoms with E-state index in [0.29, 0.717) is 17.2 Å². The van der Waals surface area contributed by atoms with E-state index >= 15 is 0 Å². The Bertz CT molecular complexity index is 2050. The number of allylic oxidation sites excluding steroid dienone is 1. The Hall–Kier alpha value is -5.94. The smallest absolute Gasteiger partial charge is 0.179 e. The van der Waals surface area contributed by atoms with Crippen LogP contribution in [0.3, 0.4) is 0 Å². The maximum Gasteiger partial charge on any atom is 0.179 e. The van der Waals surface area contributed by atoms with Gasteiger partial charge in [0.2, 0.25) is 0 Å². The molecular formula is C40H31N5. The maximum atomic E-state index is 6.92. The van der Waals surface area contributed by atoms with Gasteiger partial charge in [0.1, 0.15) is 5.69 Å². The number of nitrogens with two attached hydrogens (primary N) is 1. The topological polar surface area (TPSA) is 77.6 Å². The van der Waals surface area contributed by atoms with Gasteiger partial charge in [0, 0.05) is 28.3 Å². The van der Waals surface area contributed by atoms with Gasteiger partial charge in [-0.3, -0.25) is 4.98 Å². The summed E-state index contributed by atoms with van der Waals surface area (Å²) in [5, 5.41) is 0.921. The Morgan fingerprint density at radius 1 is 0.600 bits per heavy atom. The molecule has 3 aromatic heterocycles. The van der Waals surface area contributed by atoms with Crippen LogP contribution in [0, 0.1) is 0 Å². The summed E-state index contributed by atoms with van der Waals surface area (Å²) >= 11 is 0. The van der Waals surface area contributed by atoms with Crippen LogP contribution in [0.2, 0.25) is 0 Å². The van der Waals surface area contributed by atoms with Crippen LogP contribution in [-0.2, 0) is 0 Å². The van der Waals surface area contributed by atoms with Crippen LogP contribution >= 0.6 is 0 Å². The zero-order valence-corrected chi connectivity index (χ0v) is 24.9. The highest BCUT2D eigenvalue weighted by Gasteiger charge is 2.17. The second-order valence-corrected chi connectivity index (χ2v) is 11.0. The van der Waals surface area contributed by atoms with E-state index in [2.05, 4.69) is 90.8 Å². The fourth-order valence-corrected chi connectivity index (χ4v) is 5.51. The van der Waals surface area contributed by atoms with E-state index in [-0.39, 0.29) is 5.92 Å². The minimum atomic E-state index is 0.239. The molecule has 0 fully saturated rings. The first-order valence-electron chi connectivity index (χ1n) is 15.0. The number of hydrogen-bond acceptors (Lipinski definition) is 5. The van der Waals surface area contributed by atoms with Crippen LogP contribution in [0.4, 0.5) is 5.69 Å². The van der Waals surface area contributed by atoms with Crippen molar-refractivity contribution in [2.75, 3.05) is 5.73 Å². The van der Waals surface area contributed by atoms with Crippen molar-refractivity contribution in [1.29, 1.82) is 0 Å². The van der Waals surface area contributed by atoms with Crippen LogP contribution in [0.15, 0.2) is 146 Å². The number of hydrogen-bond donors (Lipinski definition) is 1. The lowest BCUT2D eigenvalue weighted by atomic mass is 9.96. The average molecular weight is 582 g/mol. The molecular weight excluding hydrogens is 550 g/mol. The lowest BCUT2D eigenvalue weighted by molar-refractivity contribution is 0.973. The summed E-state index contributed by atoms with van der Waals surface area (Å²) in [7, 11) is 0. The second-order valence-electron chi connectivity index (χ2n) is 11.0. The third-order valence-corrected chi connectivity index (χ3v) is 7.98. The highest BCUT2D eigenvalue weighted by molar-refractivity contribution is 6.03. The number of aromatic nitrogens is 4. The molecule has 0 spiro atoms. The van der Waals surface area contributed by atoms with Crippen molar-refractivity contribution in [3.63, 3.8) is 0 Å². The molecule has 7 rings (SSSR count). The van der Waals surface area contributed by atoms with Gasteiger partial charge in [-0.2, -0.15) is 0 Å². The minimum absolute atomic E-state index is 0.239. The SMILES string of the molecule is CC(/C=C\c1ccc2c(-c3cc(-c4ccccc4)nc(-c4ccccn4)n3)cc(-c3ccccc3)nc2c1N)c1ccccc1. The summed E-state index contributed by atoms with van der Waals surface area (Å²) in [6.07, 6.45) is 6.04. The van der Waals surface area contributed by atoms with Crippen LogP contribution in [-0.4, -0.2) is 19.9 Å². The largest absolute Gasteiger partial charge is 0.396 e. The molecule has 0 aliphatic rings. The molecule has 5 heteroatoms. The van der Waals surface area contributed by atoms with Gasteiger partial charge in [-0.15, -0.1) is 0 Å². The van der Waals surface area contributed by atoms with E-state index in [1.807, 2.05) is 66.7 Å². The van der Waals surface area contributed by atoms with E-state index in [0.717, 1.165) is 50.2 Å². The summed E-state index contributed by atoms with van der Waals surface area (Å²) in [6.45, 7) is 2.19. The first-order chi connectivity index (χ1) is 22.1. The number of nitrogen functional groups attached to an aromatic ring is 1. The highest BCUT2D eigenvalue weighted by Crippen LogP contribution is 2.37. The molecule has 0 saturated carbocycles. The van der Waals surface area contributed by atoms with Gasteiger partial charge in [0.15, 0.2) is 5.82 Å². The van der Waals surface area contributed by atoms with Crippen molar-refractivity contribution in [2.24, 2.45) is 0 Å². The Balaban J connectivity index is 1.43. The van der Waals surface area contributed by atoms with E-state index < -0.39 is 0 Å². The second kappa shape index (κ2) is 12.3. The Morgan fingerprint density at radius 2 is 1.22 bits per heavy atom. The molecule has 45 heavy (non-hydrogen) atoms. The molecule has 216 valence electrons. The van der Waals surface area contributed by atoms with Crippen LogP contribution in [0.1, 0.15) is 24.0 Å². The molecule has 4 aromatic carbocycles. The number of benzene rings is 4. The first kappa shape index (κ1) is 27.9. The predicted octanol–water partition coefficient (Wildman–Crippen LogP) is 9.49. The third kappa shape index (κ3) is 5.84. The monoisotopic (exact) mass is 581 g/mol. The van der Waals surface area contributed by atoms with Crippen molar-refractivity contribution in [3.05, 3.63) is 157 Å². The van der Waals surface area contributed by atoms with Gasteiger partial charge >= 0.3 is 0 Å². The molecule has 0 aliphatic heterocycles. The number of anilines is 1. The van der Waals surface area contributed by atoms with Gasteiger partial charge < -0.3 is 5.73 Å². The van der Waals surface area contributed by atoms with Crippen molar-refractivity contribution in [1.82, 2.24) is 19.9 Å². The summed E-state index contributed by atoms with van der Waals surface area (Å²) < 4.78 is 0. The first-order valence-corrected chi connectivity index (χ1v) is 15.0. The van der Waals surface area contributed by atoms with Crippen LogP contribution < -0.4 is 5.73 Å². The number of fused-ring (bicyclic) bond motifs is 1. The Labute approximate surface area is 262 Å². The molecule has 2 N–H and O–H groups in total. The van der Waals surface area contributed by atoms with Crippen LogP contribution in [0.5, 0.6) is 0 Å². The fraction of sp³-hybridized carbons (Fsp3) is 0.0500. The summed E-state index contributed by atoms with van der Waals surface area (Å²) in [5.74, 6) is 0.795. The third-order valence-electron chi connectivity index (χ3n) is 7.98. The van der Waals surface area contributed by atoms with Crippen molar-refractivity contribution < 1.29 is 0 Å². The maximum absolute atomic E-state index is 6.92. The van der Waals surface area contributed by atoms with E-state index in [1.54, 1.807) is 6.20 Å². The minimum Gasteiger partial charge on any atom is -0.396 e. The predicted molar refractivity (Wildman–Crippen MR) is 185 cm³/mol. The standard InChI is InChI=1S/C40H31N5/c1-27(28-13-5-2-6-14-28)20-21-31-22-23-32-33(25-35(43-39(32)38(31)41)29-15-7-3-8-16-29)37-26-36(30-17-9-4-10-18-30)44-40(45-37)34-19-11-12-24-42-34/h2-27H,41H2,1H3/b21-20-. The van der Waals surface area contributed by atoms with Crippen LogP contribution in [0.25, 0.3) is 62.3 Å². The van der Waals surface area contributed by atoms with Gasteiger partial charge in [0.05, 0.1) is 28.3 Å². The van der Waals surface area contributed by atoms with E-state index in [9.17, 15) is 0 Å². The molecule has 0 amide bonds. The molecule has 3 heterocycles. The Kier molecular flexibility index (Phi) is 7.65. The summed E-state index contributed by atoms with van der Waals surface area (Å²) in [5.41, 5.74) is 16.5. The van der Waals surface area contributed by atoms with Crippen molar-refractivity contribution >= 4 is 22.7 Å². The summed E-state index contributed by atoms with van der Waals surface area (Å²) in [4.78, 5) is 19.7. The zero-order chi connectivity index (χ0) is 30.6. The Morgan fingerprint density at radius 3 is 1.89 bits per heavy atom. The quantitative estimate of drug-likeness (QED) is 0.190. The molecule has 0 bridgehead atoms. The lowest BCUT2D eigenvalue weighted by Gasteiger charge is -2.15. The number of rotatable bonds is 7. The molecule has 0 saturated heterocycles. The average Bonchev–Trinajstić information content (AvgIpc) is 3.12. The molecule has 1 unspecified atom stereocenters. The molecule has 0 aliphatic carbocycles. The molecule has 0 radical (unpaired) electrons. The number of nitrogens with zero attached hydrogens (tertiary/aromatic N) is 4. The van der Waals surface area contributed by atoms with Gasteiger partial charge in [-0.1, -0.05) is 128 Å². The lowest BCUT2D eigenvalue weighted by Crippen LogP contribution is -2.00. The van der Waals surface area contributed by atoms with E-state index in [4.69, 9.17) is 20.7 Å². The van der Waals surface area contributed by atoms with Gasteiger partial charge in [-0.05, 0) is 41.3 Å². The molecule has 1 atom stereocenters. The number of pyridine rings is 2. The van der Waals surface area contributed by atoms with E-state index in [1.165, 1.54) is 5.56 Å². The zero-order valence-electron chi connectivity index (χ0n) is 24.9. The van der Waals surface area contributed by atoms with Crippen molar-refractivity contribution in [3.8, 4) is 45.3 Å². The normalized spacial score (nSPS) is 12.0. The molecule has 5 nitrogen and oxygen atoms in total. The van der Waals surface area contributed by atoms with Gasteiger partial charge in [-0.25, -0.2) is 15.0 Å². The fourth-order valence-electron chi connectivity index (χ4n) is 5.51. The van der Waals surface area contributed by atoms with Crippen molar-refractivity contribution in [2.45, 2.75) is 12.8 Å². The summed E-state index contributed by atoms with van der Waals surface area (Å²) in [6, 6.07) is 44.8.